The van der Waals surface area contributed by atoms with Crippen molar-refractivity contribution in [1.82, 2.24) is 4.90 Å². The van der Waals surface area contributed by atoms with Gasteiger partial charge in [-0.15, -0.1) is 0 Å². The second-order valence-electron chi connectivity index (χ2n) is 7.29. The van der Waals surface area contributed by atoms with Gasteiger partial charge in [0.05, 0.1) is 12.6 Å². The maximum atomic E-state index is 12.5. The number of ether oxygens (including phenoxy) is 2. The Hall–Kier alpha value is -1.55. The summed E-state index contributed by atoms with van der Waals surface area (Å²) >= 11 is 0. The van der Waals surface area contributed by atoms with E-state index in [1.165, 1.54) is 5.56 Å². The van der Waals surface area contributed by atoms with Gasteiger partial charge in [0.2, 0.25) is 0 Å². The molecule has 2 rings (SSSR count). The summed E-state index contributed by atoms with van der Waals surface area (Å²) in [6, 6.07) is 10.4. The van der Waals surface area contributed by atoms with Gasteiger partial charge < -0.3 is 9.47 Å². The minimum absolute atomic E-state index is 0.0463. The fourth-order valence-corrected chi connectivity index (χ4v) is 2.75. The Bertz CT molecular complexity index is 505. The molecule has 4 nitrogen and oxygen atoms in total. The largest absolute Gasteiger partial charge is 0.444 e. The number of aryl methyl sites for hydroxylation is 1. The first kappa shape index (κ1) is 16.8. The lowest BCUT2D eigenvalue weighted by Gasteiger charge is -2.35. The van der Waals surface area contributed by atoms with Crippen LogP contribution in [0.1, 0.15) is 46.6 Å². The Labute approximate surface area is 133 Å². The average molecular weight is 305 g/mol. The summed E-state index contributed by atoms with van der Waals surface area (Å²) in [5, 5.41) is 0. The molecule has 1 aliphatic rings. The molecule has 1 saturated heterocycles. The minimum atomic E-state index is -0.621. The maximum absolute atomic E-state index is 12.5. The number of carbonyl (C=O) groups is 1. The third kappa shape index (κ3) is 4.23. The highest BCUT2D eigenvalue weighted by Gasteiger charge is 2.45. The summed E-state index contributed by atoms with van der Waals surface area (Å²) in [5.74, 6) is 0. The van der Waals surface area contributed by atoms with Crippen LogP contribution in [-0.4, -0.2) is 35.0 Å². The van der Waals surface area contributed by atoms with Crippen molar-refractivity contribution >= 4 is 6.09 Å². The lowest BCUT2D eigenvalue weighted by Crippen LogP contribution is -2.49. The van der Waals surface area contributed by atoms with Gasteiger partial charge in [-0.25, -0.2) is 4.79 Å². The Morgan fingerprint density at radius 2 is 1.95 bits per heavy atom. The van der Waals surface area contributed by atoms with Gasteiger partial charge in [-0.05, 0) is 53.0 Å². The Morgan fingerprint density at radius 1 is 1.32 bits per heavy atom. The van der Waals surface area contributed by atoms with E-state index in [2.05, 4.69) is 12.1 Å². The quantitative estimate of drug-likeness (QED) is 0.847. The molecule has 0 aromatic heterocycles. The molecular weight excluding hydrogens is 278 g/mol. The smallest absolute Gasteiger partial charge is 0.412 e. The van der Waals surface area contributed by atoms with E-state index in [4.69, 9.17) is 9.47 Å². The second-order valence-corrected chi connectivity index (χ2v) is 7.29. The van der Waals surface area contributed by atoms with Crippen LogP contribution in [0.15, 0.2) is 30.3 Å². The normalized spacial score (nSPS) is 21.0. The molecule has 0 aliphatic carbocycles. The van der Waals surface area contributed by atoms with Crippen molar-refractivity contribution in [2.24, 2.45) is 0 Å². The Kier molecular flexibility index (Phi) is 4.81. The van der Waals surface area contributed by atoms with E-state index < -0.39 is 11.3 Å². The fraction of sp³-hybridized carbons (Fsp3) is 0.611. The molecule has 0 bridgehead atoms. The first-order valence-corrected chi connectivity index (χ1v) is 7.89. The molecule has 1 aromatic carbocycles. The monoisotopic (exact) mass is 305 g/mol. The van der Waals surface area contributed by atoms with Gasteiger partial charge in [0.15, 0.2) is 0 Å². The van der Waals surface area contributed by atoms with Gasteiger partial charge >= 0.3 is 6.09 Å². The van der Waals surface area contributed by atoms with Crippen molar-refractivity contribution in [3.8, 4) is 0 Å². The number of benzene rings is 1. The van der Waals surface area contributed by atoms with Crippen LogP contribution in [0.5, 0.6) is 0 Å². The summed E-state index contributed by atoms with van der Waals surface area (Å²) in [6.45, 7) is 10.0. The molecule has 4 heteroatoms. The molecule has 1 aromatic rings. The third-order valence-corrected chi connectivity index (χ3v) is 3.77. The summed E-state index contributed by atoms with van der Waals surface area (Å²) in [5.41, 5.74) is 0.153. The van der Waals surface area contributed by atoms with E-state index in [-0.39, 0.29) is 12.1 Å². The fourth-order valence-electron chi connectivity index (χ4n) is 2.75. The molecule has 22 heavy (non-hydrogen) atoms. The Morgan fingerprint density at radius 3 is 2.55 bits per heavy atom. The third-order valence-electron chi connectivity index (χ3n) is 3.77. The molecular formula is C18H27NO3. The van der Waals surface area contributed by atoms with Crippen molar-refractivity contribution in [2.45, 2.75) is 64.8 Å². The Balaban J connectivity index is 2.04. The van der Waals surface area contributed by atoms with Gasteiger partial charge in [-0.1, -0.05) is 30.3 Å². The zero-order chi connectivity index (χ0) is 16.4. The first-order chi connectivity index (χ1) is 10.2. The molecule has 1 fully saturated rings. The van der Waals surface area contributed by atoms with Gasteiger partial charge in [0, 0.05) is 0 Å². The molecule has 1 amide bonds. The second kappa shape index (κ2) is 6.29. The van der Waals surface area contributed by atoms with Gasteiger partial charge in [0.1, 0.15) is 11.3 Å². The van der Waals surface area contributed by atoms with Crippen LogP contribution in [0.3, 0.4) is 0 Å². The summed E-state index contributed by atoms with van der Waals surface area (Å²) in [4.78, 5) is 14.3. The topological polar surface area (TPSA) is 38.8 Å². The lowest BCUT2D eigenvalue weighted by atomic mass is 10.0. The van der Waals surface area contributed by atoms with Crippen LogP contribution in [0.2, 0.25) is 0 Å². The summed E-state index contributed by atoms with van der Waals surface area (Å²) in [7, 11) is 0. The average Bonchev–Trinajstić information content (AvgIpc) is 2.71. The van der Waals surface area contributed by atoms with Crippen LogP contribution >= 0.6 is 0 Å². The highest BCUT2D eigenvalue weighted by Crippen LogP contribution is 2.31. The van der Waals surface area contributed by atoms with Crippen molar-refractivity contribution in [2.75, 3.05) is 6.61 Å². The van der Waals surface area contributed by atoms with Crippen molar-refractivity contribution in [3.63, 3.8) is 0 Å². The van der Waals surface area contributed by atoms with Crippen LogP contribution in [0.4, 0.5) is 4.79 Å². The molecule has 0 radical (unpaired) electrons. The maximum Gasteiger partial charge on any atom is 0.412 e. The molecule has 0 N–H and O–H groups in total. The van der Waals surface area contributed by atoms with Crippen LogP contribution in [-0.2, 0) is 15.9 Å². The SMILES string of the molecule is CC(C)(C)OC(=O)N1C(CCc2ccccc2)COC1(C)C. The van der Waals surface area contributed by atoms with E-state index in [0.717, 1.165) is 12.8 Å². The first-order valence-electron chi connectivity index (χ1n) is 7.89. The molecule has 0 saturated carbocycles. The zero-order valence-corrected chi connectivity index (χ0v) is 14.3. The number of amides is 1. The number of hydrogen-bond donors (Lipinski definition) is 0. The van der Waals surface area contributed by atoms with E-state index in [1.54, 1.807) is 4.90 Å². The van der Waals surface area contributed by atoms with Crippen LogP contribution in [0, 0.1) is 0 Å². The van der Waals surface area contributed by atoms with Crippen molar-refractivity contribution in [1.29, 1.82) is 0 Å². The van der Waals surface area contributed by atoms with Crippen molar-refractivity contribution in [3.05, 3.63) is 35.9 Å². The predicted molar refractivity (Wildman–Crippen MR) is 86.7 cm³/mol. The molecule has 1 heterocycles. The highest BCUT2D eigenvalue weighted by molar-refractivity contribution is 5.69. The van der Waals surface area contributed by atoms with Crippen molar-refractivity contribution < 1.29 is 14.3 Å². The minimum Gasteiger partial charge on any atom is -0.444 e. The van der Waals surface area contributed by atoms with E-state index >= 15 is 0 Å². The van der Waals surface area contributed by atoms with Crippen LogP contribution in [0.25, 0.3) is 0 Å². The molecule has 1 unspecified atom stereocenters. The molecule has 1 aliphatic heterocycles. The van der Waals surface area contributed by atoms with E-state index in [1.807, 2.05) is 52.8 Å². The molecule has 1 atom stereocenters. The van der Waals surface area contributed by atoms with E-state index in [0.29, 0.717) is 6.61 Å². The van der Waals surface area contributed by atoms with Gasteiger partial charge in [-0.3, -0.25) is 4.90 Å². The standard InChI is InChI=1S/C18H27NO3/c1-17(2,3)22-16(20)19-15(13-21-18(19,4)5)12-11-14-9-7-6-8-10-14/h6-10,15H,11-13H2,1-5H3. The highest BCUT2D eigenvalue weighted by atomic mass is 16.6. The summed E-state index contributed by atoms with van der Waals surface area (Å²) < 4.78 is 11.4. The summed E-state index contributed by atoms with van der Waals surface area (Å²) in [6.07, 6.45) is 1.49. The zero-order valence-electron chi connectivity index (χ0n) is 14.3. The number of nitrogens with zero attached hydrogens (tertiary/aromatic N) is 1. The predicted octanol–water partition coefficient (Wildman–Crippen LogP) is 3.99. The number of rotatable bonds is 3. The number of carbonyl (C=O) groups excluding carboxylic acids is 1. The molecule has 122 valence electrons. The van der Waals surface area contributed by atoms with Gasteiger partial charge in [0.25, 0.3) is 0 Å². The number of hydrogen-bond acceptors (Lipinski definition) is 3. The van der Waals surface area contributed by atoms with Gasteiger partial charge in [-0.2, -0.15) is 0 Å². The molecule has 0 spiro atoms. The lowest BCUT2D eigenvalue weighted by molar-refractivity contribution is -0.0626. The van der Waals surface area contributed by atoms with Crippen LogP contribution < -0.4 is 0 Å². The van der Waals surface area contributed by atoms with E-state index in [9.17, 15) is 4.79 Å².